The normalized spacial score (nSPS) is 12.0. The fourth-order valence-electron chi connectivity index (χ4n) is 3.70. The second-order valence-corrected chi connectivity index (χ2v) is 12.8. The number of benzene rings is 4. The molecule has 0 saturated heterocycles. The number of rotatable bonds is 5. The number of hydrogen-bond donors (Lipinski definition) is 0. The van der Waals surface area contributed by atoms with Crippen molar-refractivity contribution in [3.05, 3.63) is 103 Å². The van der Waals surface area contributed by atoms with Crippen LogP contribution in [0, 0.1) is 0 Å². The summed E-state index contributed by atoms with van der Waals surface area (Å²) >= 11 is 0. The van der Waals surface area contributed by atoms with Crippen molar-refractivity contribution in [3.63, 3.8) is 0 Å². The van der Waals surface area contributed by atoms with Gasteiger partial charge in [-0.05, 0) is 70.0 Å². The van der Waals surface area contributed by atoms with Gasteiger partial charge in [0.1, 0.15) is 0 Å². The maximum atomic E-state index is 5.91. The van der Waals surface area contributed by atoms with E-state index in [1.807, 2.05) is 6.08 Å². The lowest BCUT2D eigenvalue weighted by Gasteiger charge is -2.18. The Kier molecular flexibility index (Phi) is 5.12. The van der Waals surface area contributed by atoms with Gasteiger partial charge < -0.3 is 4.43 Å². The molecule has 0 aromatic heterocycles. The van der Waals surface area contributed by atoms with E-state index in [2.05, 4.69) is 111 Å². The molecule has 2 heteroatoms. The summed E-state index contributed by atoms with van der Waals surface area (Å²) in [6.07, 6.45) is 4.02. The molecule has 0 amide bonds. The average Bonchev–Trinajstić information content (AvgIpc) is 2.70. The largest absolute Gasteiger partial charge is 0.545 e. The van der Waals surface area contributed by atoms with Crippen LogP contribution in [0.1, 0.15) is 5.56 Å². The van der Waals surface area contributed by atoms with Crippen molar-refractivity contribution in [2.45, 2.75) is 19.6 Å². The van der Waals surface area contributed by atoms with E-state index in [0.29, 0.717) is 0 Å². The highest BCUT2D eigenvalue weighted by molar-refractivity contribution is 6.70. The van der Waals surface area contributed by atoms with E-state index in [9.17, 15) is 0 Å². The summed E-state index contributed by atoms with van der Waals surface area (Å²) < 4.78 is 5.91. The topological polar surface area (TPSA) is 9.23 Å². The molecule has 29 heavy (non-hydrogen) atoms. The van der Waals surface area contributed by atoms with Crippen LogP contribution in [0.3, 0.4) is 0 Å². The van der Waals surface area contributed by atoms with E-state index in [4.69, 9.17) is 4.43 Å². The van der Waals surface area contributed by atoms with Gasteiger partial charge in [0.25, 0.3) is 0 Å². The Bertz CT molecular complexity index is 1160. The lowest BCUT2D eigenvalue weighted by Crippen LogP contribution is -2.23. The smallest absolute Gasteiger partial charge is 0.242 e. The molecule has 0 aliphatic rings. The van der Waals surface area contributed by atoms with Gasteiger partial charge in [-0.2, -0.15) is 0 Å². The van der Waals surface area contributed by atoms with Gasteiger partial charge in [0.2, 0.25) is 8.32 Å². The fourth-order valence-corrected chi connectivity index (χ4v) is 4.56. The molecule has 4 aromatic rings. The number of hydrogen-bond acceptors (Lipinski definition) is 1. The maximum Gasteiger partial charge on any atom is 0.242 e. The van der Waals surface area contributed by atoms with Crippen LogP contribution in [-0.2, 0) is 4.43 Å². The lowest BCUT2D eigenvalue weighted by molar-refractivity contribution is 0.445. The molecule has 0 saturated carbocycles. The molecule has 0 heterocycles. The fraction of sp³-hybridized carbons (Fsp3) is 0.111. The SMILES string of the molecule is C=C(/C=C/c1ccc(-c2c3ccccc3cc3ccccc23)cc1)O[Si](C)(C)C. The van der Waals surface area contributed by atoms with Gasteiger partial charge in [-0.1, -0.05) is 85.5 Å². The second-order valence-electron chi connectivity index (χ2n) is 8.33. The zero-order valence-electron chi connectivity index (χ0n) is 17.3. The quantitative estimate of drug-likeness (QED) is 0.144. The molecular formula is C27H26OSi. The molecule has 4 aromatic carbocycles. The first-order valence-electron chi connectivity index (χ1n) is 9.98. The van der Waals surface area contributed by atoms with Gasteiger partial charge in [0.15, 0.2) is 0 Å². The van der Waals surface area contributed by atoms with E-state index in [-0.39, 0.29) is 0 Å². The number of fused-ring (bicyclic) bond motifs is 2. The molecule has 0 unspecified atom stereocenters. The first-order valence-corrected chi connectivity index (χ1v) is 13.4. The molecule has 144 valence electrons. The van der Waals surface area contributed by atoms with Crippen molar-refractivity contribution < 1.29 is 4.43 Å². The highest BCUT2D eigenvalue weighted by atomic mass is 28.4. The van der Waals surface area contributed by atoms with Crippen LogP contribution in [0.4, 0.5) is 0 Å². The highest BCUT2D eigenvalue weighted by Gasteiger charge is 2.15. The molecule has 0 atom stereocenters. The van der Waals surface area contributed by atoms with Crippen LogP contribution < -0.4 is 0 Å². The average molecular weight is 395 g/mol. The molecule has 0 N–H and O–H groups in total. The molecule has 0 fully saturated rings. The van der Waals surface area contributed by atoms with Gasteiger partial charge in [-0.15, -0.1) is 0 Å². The second kappa shape index (κ2) is 7.73. The monoisotopic (exact) mass is 394 g/mol. The molecule has 0 aliphatic carbocycles. The first-order chi connectivity index (χ1) is 13.9. The Balaban J connectivity index is 1.72. The van der Waals surface area contributed by atoms with Crippen LogP contribution in [0.15, 0.2) is 97.3 Å². The van der Waals surface area contributed by atoms with Crippen molar-refractivity contribution in [2.24, 2.45) is 0 Å². The minimum Gasteiger partial charge on any atom is -0.545 e. The standard InChI is InChI=1S/C27H26OSi/c1-20(28-29(2,3)4)13-14-21-15-17-22(18-16-21)27-25-11-7-5-9-23(25)19-24-10-6-8-12-26(24)27/h5-19H,1H2,2-4H3/b14-13+. The summed E-state index contributed by atoms with van der Waals surface area (Å²) in [5, 5.41) is 5.10. The first kappa shape index (κ1) is 19.2. The zero-order valence-corrected chi connectivity index (χ0v) is 18.3. The van der Waals surface area contributed by atoms with Crippen molar-refractivity contribution in [3.8, 4) is 11.1 Å². The summed E-state index contributed by atoms with van der Waals surface area (Å²) in [5.74, 6) is 0.730. The van der Waals surface area contributed by atoms with Gasteiger partial charge in [-0.25, -0.2) is 0 Å². The van der Waals surface area contributed by atoms with Crippen molar-refractivity contribution in [1.29, 1.82) is 0 Å². The molecule has 0 radical (unpaired) electrons. The summed E-state index contributed by atoms with van der Waals surface area (Å²) in [4.78, 5) is 0. The van der Waals surface area contributed by atoms with Gasteiger partial charge >= 0.3 is 0 Å². The van der Waals surface area contributed by atoms with E-state index >= 15 is 0 Å². The predicted octanol–water partition coefficient (Wildman–Crippen LogP) is 8.04. The minimum atomic E-state index is -1.61. The molecule has 0 bridgehead atoms. The Morgan fingerprint density at radius 1 is 0.793 bits per heavy atom. The Morgan fingerprint density at radius 3 is 1.90 bits per heavy atom. The Morgan fingerprint density at radius 2 is 1.34 bits per heavy atom. The lowest BCUT2D eigenvalue weighted by atomic mass is 9.92. The van der Waals surface area contributed by atoms with E-state index in [0.717, 1.165) is 11.3 Å². The zero-order chi connectivity index (χ0) is 20.4. The van der Waals surface area contributed by atoms with Crippen LogP contribution >= 0.6 is 0 Å². The van der Waals surface area contributed by atoms with Crippen LogP contribution in [-0.4, -0.2) is 8.32 Å². The van der Waals surface area contributed by atoms with E-state index < -0.39 is 8.32 Å². The van der Waals surface area contributed by atoms with Crippen molar-refractivity contribution >= 4 is 35.9 Å². The van der Waals surface area contributed by atoms with Crippen molar-refractivity contribution in [1.82, 2.24) is 0 Å². The summed E-state index contributed by atoms with van der Waals surface area (Å²) in [5.41, 5.74) is 3.66. The van der Waals surface area contributed by atoms with Gasteiger partial charge in [0, 0.05) is 0 Å². The molecular weight excluding hydrogens is 368 g/mol. The Hall–Kier alpha value is -3.10. The van der Waals surface area contributed by atoms with Crippen LogP contribution in [0.5, 0.6) is 0 Å². The summed E-state index contributed by atoms with van der Waals surface area (Å²) in [6.45, 7) is 10.5. The third-order valence-electron chi connectivity index (χ3n) is 4.87. The molecule has 0 spiro atoms. The molecule has 4 rings (SSSR count). The summed E-state index contributed by atoms with van der Waals surface area (Å²) in [6, 6.07) is 28.2. The summed E-state index contributed by atoms with van der Waals surface area (Å²) in [7, 11) is -1.61. The maximum absolute atomic E-state index is 5.91. The van der Waals surface area contributed by atoms with E-state index in [1.165, 1.54) is 32.7 Å². The van der Waals surface area contributed by atoms with Gasteiger partial charge in [0.05, 0.1) is 5.76 Å². The van der Waals surface area contributed by atoms with E-state index in [1.54, 1.807) is 0 Å². The predicted molar refractivity (Wildman–Crippen MR) is 129 cm³/mol. The highest BCUT2D eigenvalue weighted by Crippen LogP contribution is 2.36. The number of allylic oxidation sites excluding steroid dienone is 1. The third kappa shape index (κ3) is 4.33. The van der Waals surface area contributed by atoms with Crippen molar-refractivity contribution in [2.75, 3.05) is 0 Å². The molecule has 0 aliphatic heterocycles. The van der Waals surface area contributed by atoms with Gasteiger partial charge in [-0.3, -0.25) is 0 Å². The third-order valence-corrected chi connectivity index (χ3v) is 5.74. The Labute approximate surface area is 174 Å². The van der Waals surface area contributed by atoms with Crippen LogP contribution in [0.2, 0.25) is 19.6 Å². The minimum absolute atomic E-state index is 0.730. The molecule has 1 nitrogen and oxygen atoms in total. The van der Waals surface area contributed by atoms with Crippen LogP contribution in [0.25, 0.3) is 38.7 Å².